The van der Waals surface area contributed by atoms with Crippen LogP contribution in [0.15, 0.2) is 21.9 Å². The summed E-state index contributed by atoms with van der Waals surface area (Å²) in [6.45, 7) is -1.62. The molecule has 0 spiro atoms. The molecule has 2 heterocycles. The lowest BCUT2D eigenvalue weighted by atomic mass is 9.89. The quantitative estimate of drug-likeness (QED) is 0.520. The van der Waals surface area contributed by atoms with Crippen molar-refractivity contribution in [3.8, 4) is 0 Å². The van der Waals surface area contributed by atoms with Crippen molar-refractivity contribution in [3.05, 3.63) is 33.1 Å². The van der Waals surface area contributed by atoms with Crippen LogP contribution in [-0.2, 0) is 30.5 Å². The molecule has 1 saturated heterocycles. The summed E-state index contributed by atoms with van der Waals surface area (Å²) >= 11 is 0. The molecule has 0 amide bonds. The number of halogens is 1. The molecule has 12 heteroatoms. The number of aliphatic hydroxyl groups is 2. The minimum Gasteiger partial charge on any atom is -0.459 e. The molecular formula is C23H31FN2O9. The minimum absolute atomic E-state index is 0.282. The fourth-order valence-electron chi connectivity index (χ4n) is 4.97. The van der Waals surface area contributed by atoms with Gasteiger partial charge in [-0.1, -0.05) is 32.1 Å². The van der Waals surface area contributed by atoms with Crippen molar-refractivity contribution in [1.29, 1.82) is 0 Å². The van der Waals surface area contributed by atoms with Crippen LogP contribution in [0, 0.1) is 11.8 Å². The number of ether oxygens (including phenoxy) is 3. The Kier molecular flexibility index (Phi) is 7.72. The van der Waals surface area contributed by atoms with Gasteiger partial charge in [0.1, 0.15) is 12.2 Å². The molecule has 0 radical (unpaired) electrons. The third-order valence-corrected chi connectivity index (χ3v) is 7.12. The van der Waals surface area contributed by atoms with Gasteiger partial charge in [0, 0.05) is 12.3 Å². The summed E-state index contributed by atoms with van der Waals surface area (Å²) in [4.78, 5) is 49.6. The zero-order chi connectivity index (χ0) is 25.2. The molecule has 4 atom stereocenters. The fourth-order valence-corrected chi connectivity index (χ4v) is 4.97. The van der Waals surface area contributed by atoms with Crippen molar-refractivity contribution in [3.63, 3.8) is 0 Å². The van der Waals surface area contributed by atoms with Crippen molar-refractivity contribution < 1.29 is 38.4 Å². The molecule has 194 valence electrons. The zero-order valence-electron chi connectivity index (χ0n) is 19.3. The molecule has 2 aliphatic carbocycles. The Bertz CT molecular complexity index is 1040. The molecule has 2 N–H and O–H groups in total. The fraction of sp³-hybridized carbons (Fsp3) is 0.739. The Morgan fingerprint density at radius 3 is 2.20 bits per heavy atom. The van der Waals surface area contributed by atoms with Crippen molar-refractivity contribution in [2.75, 3.05) is 6.61 Å². The van der Waals surface area contributed by atoms with E-state index in [9.17, 15) is 29.4 Å². The number of esters is 2. The summed E-state index contributed by atoms with van der Waals surface area (Å²) in [6, 6.07) is 0.967. The average molecular weight is 499 g/mol. The van der Waals surface area contributed by atoms with Gasteiger partial charge in [-0.2, -0.15) is 0 Å². The molecule has 1 aromatic heterocycles. The van der Waals surface area contributed by atoms with Gasteiger partial charge in [-0.05, 0) is 25.7 Å². The second kappa shape index (κ2) is 10.6. The lowest BCUT2D eigenvalue weighted by molar-refractivity contribution is -0.218. The summed E-state index contributed by atoms with van der Waals surface area (Å²) in [5.41, 5.74) is -1.80. The number of aromatic nitrogens is 2. The van der Waals surface area contributed by atoms with Crippen LogP contribution in [0.3, 0.4) is 0 Å². The van der Waals surface area contributed by atoms with Crippen molar-refractivity contribution in [1.82, 2.24) is 9.13 Å². The summed E-state index contributed by atoms with van der Waals surface area (Å²) in [5, 5.41) is 20.7. The Balaban J connectivity index is 1.45. The summed E-state index contributed by atoms with van der Waals surface area (Å²) in [6.07, 6.45) is 2.42. The monoisotopic (exact) mass is 498 g/mol. The lowest BCUT2D eigenvalue weighted by Gasteiger charge is -2.25. The molecule has 1 aliphatic heterocycles. The Morgan fingerprint density at radius 1 is 1.00 bits per heavy atom. The van der Waals surface area contributed by atoms with Crippen LogP contribution in [-0.4, -0.2) is 56.0 Å². The van der Waals surface area contributed by atoms with E-state index in [0.717, 1.165) is 48.9 Å². The topological polar surface area (TPSA) is 146 Å². The van der Waals surface area contributed by atoms with Gasteiger partial charge in [-0.25, -0.2) is 13.8 Å². The van der Waals surface area contributed by atoms with Gasteiger partial charge in [0.25, 0.3) is 11.4 Å². The molecule has 0 unspecified atom stereocenters. The maximum absolute atomic E-state index is 15.4. The normalized spacial score (nSPS) is 29.9. The lowest BCUT2D eigenvalue weighted by Crippen LogP contribution is -2.44. The maximum Gasteiger partial charge on any atom is 0.335 e. The molecule has 0 bridgehead atoms. The van der Waals surface area contributed by atoms with Gasteiger partial charge in [-0.3, -0.25) is 19.0 Å². The first-order valence-electron chi connectivity index (χ1n) is 12.1. The molecule has 4 rings (SSSR count). The number of alkyl halides is 1. The number of carbonyl (C=O) groups excluding carboxylic acids is 2. The Labute approximate surface area is 200 Å². The highest BCUT2D eigenvalue weighted by Crippen LogP contribution is 2.38. The van der Waals surface area contributed by atoms with Gasteiger partial charge < -0.3 is 24.4 Å². The maximum atomic E-state index is 15.4. The molecule has 1 aromatic rings. The number of nitrogens with zero attached hydrogens (tertiary/aromatic N) is 2. The minimum atomic E-state index is -2.97. The van der Waals surface area contributed by atoms with Crippen LogP contribution in [0.4, 0.5) is 4.39 Å². The number of carbonyl (C=O) groups is 2. The van der Waals surface area contributed by atoms with E-state index in [1.807, 2.05) is 0 Å². The van der Waals surface area contributed by atoms with Crippen molar-refractivity contribution in [2.45, 2.75) is 88.8 Å². The summed E-state index contributed by atoms with van der Waals surface area (Å²) in [5.74, 6) is -4.73. The largest absolute Gasteiger partial charge is 0.459 e. The number of aliphatic hydroxyl groups excluding tert-OH is 2. The first-order chi connectivity index (χ1) is 16.7. The van der Waals surface area contributed by atoms with Crippen LogP contribution >= 0.6 is 0 Å². The third kappa shape index (κ3) is 5.34. The predicted octanol–water partition coefficient (Wildman–Crippen LogP) is 0.741. The van der Waals surface area contributed by atoms with E-state index in [4.69, 9.17) is 14.2 Å². The second-order valence-corrected chi connectivity index (χ2v) is 9.52. The highest BCUT2D eigenvalue weighted by molar-refractivity contribution is 5.72. The van der Waals surface area contributed by atoms with Gasteiger partial charge in [-0.15, -0.1) is 0 Å². The Hall–Kier alpha value is -2.57. The SMILES string of the molecule is O=C(OCn1c(=O)ccn([C@@H]2O[C@](F)(COC(=O)C3CCCCC3)[C@@H](O)[C@H]2O)c1=O)C1CCCC1. The number of hydrogen-bond donors (Lipinski definition) is 2. The standard InChI is InChI=1S/C23H31FN2O9/c24-23(12-33-20(30)14-6-2-1-3-7-14)18(29)17(28)19(35-23)25-11-10-16(27)26(22(25)32)13-34-21(31)15-8-4-5-9-15/h10-11,14-15,17-19,28-29H,1-9,12-13H2/t17-,18+,19-,23-/m1/s1. The van der Waals surface area contributed by atoms with E-state index < -0.39 is 60.8 Å². The molecule has 2 saturated carbocycles. The van der Waals surface area contributed by atoms with Crippen LogP contribution in [0.2, 0.25) is 0 Å². The van der Waals surface area contributed by atoms with E-state index in [1.165, 1.54) is 0 Å². The smallest absolute Gasteiger partial charge is 0.335 e. The summed E-state index contributed by atoms with van der Waals surface area (Å²) in [7, 11) is 0. The first kappa shape index (κ1) is 25.5. The van der Waals surface area contributed by atoms with E-state index in [0.29, 0.717) is 30.3 Å². The molecular weight excluding hydrogens is 467 g/mol. The Morgan fingerprint density at radius 2 is 1.57 bits per heavy atom. The van der Waals surface area contributed by atoms with Gasteiger partial charge in [0.05, 0.1) is 11.8 Å². The highest BCUT2D eigenvalue weighted by Gasteiger charge is 2.57. The molecule has 3 fully saturated rings. The van der Waals surface area contributed by atoms with Gasteiger partial charge in [0.15, 0.2) is 19.6 Å². The van der Waals surface area contributed by atoms with Crippen LogP contribution in [0.25, 0.3) is 0 Å². The first-order valence-corrected chi connectivity index (χ1v) is 12.1. The number of hydrogen-bond acceptors (Lipinski definition) is 9. The van der Waals surface area contributed by atoms with Gasteiger partial charge >= 0.3 is 17.6 Å². The van der Waals surface area contributed by atoms with E-state index in [2.05, 4.69) is 0 Å². The van der Waals surface area contributed by atoms with E-state index in [-0.39, 0.29) is 11.8 Å². The predicted molar refractivity (Wildman–Crippen MR) is 117 cm³/mol. The molecule has 3 aliphatic rings. The highest BCUT2D eigenvalue weighted by atomic mass is 19.2. The van der Waals surface area contributed by atoms with Gasteiger partial charge in [0.2, 0.25) is 0 Å². The zero-order valence-corrected chi connectivity index (χ0v) is 19.3. The van der Waals surface area contributed by atoms with Crippen LogP contribution in [0.1, 0.15) is 64.0 Å². The van der Waals surface area contributed by atoms with E-state index >= 15 is 4.39 Å². The van der Waals surface area contributed by atoms with Crippen LogP contribution in [0.5, 0.6) is 0 Å². The summed E-state index contributed by atoms with van der Waals surface area (Å²) < 4.78 is 32.1. The van der Waals surface area contributed by atoms with Crippen molar-refractivity contribution in [2.24, 2.45) is 11.8 Å². The third-order valence-electron chi connectivity index (χ3n) is 7.12. The second-order valence-electron chi connectivity index (χ2n) is 9.52. The van der Waals surface area contributed by atoms with E-state index in [1.54, 1.807) is 0 Å². The average Bonchev–Trinajstić information content (AvgIpc) is 3.47. The van der Waals surface area contributed by atoms with Crippen molar-refractivity contribution >= 4 is 11.9 Å². The van der Waals surface area contributed by atoms with Crippen LogP contribution < -0.4 is 11.2 Å². The molecule has 0 aromatic carbocycles. The number of rotatable bonds is 7. The molecule has 11 nitrogen and oxygen atoms in total. The molecule has 35 heavy (non-hydrogen) atoms.